The standard InChI is InChI=1S/C16H28O4S2/c1-12(21)6-8-14(17)19-16(10-4-3-5-11-16)20-15(18)9-7-13(2)22/h12-13,21-22H,3-11H2,1-2H3. The van der Waals surface area contributed by atoms with Gasteiger partial charge in [0.25, 0.3) is 5.79 Å². The van der Waals surface area contributed by atoms with E-state index >= 15 is 0 Å². The molecule has 0 saturated heterocycles. The van der Waals surface area contributed by atoms with Crippen LogP contribution in [0.25, 0.3) is 0 Å². The van der Waals surface area contributed by atoms with Crippen LogP contribution >= 0.6 is 25.3 Å². The van der Waals surface area contributed by atoms with E-state index in [2.05, 4.69) is 25.3 Å². The van der Waals surface area contributed by atoms with Gasteiger partial charge in [-0.1, -0.05) is 20.3 Å². The fraction of sp³-hybridized carbons (Fsp3) is 0.875. The highest BCUT2D eigenvalue weighted by molar-refractivity contribution is 7.81. The summed E-state index contributed by atoms with van der Waals surface area (Å²) >= 11 is 8.52. The summed E-state index contributed by atoms with van der Waals surface area (Å²) in [4.78, 5) is 24.0. The van der Waals surface area contributed by atoms with Crippen molar-refractivity contribution in [3.05, 3.63) is 0 Å². The van der Waals surface area contributed by atoms with Crippen LogP contribution in [0.5, 0.6) is 0 Å². The maximum absolute atomic E-state index is 12.0. The van der Waals surface area contributed by atoms with Gasteiger partial charge < -0.3 is 9.47 Å². The van der Waals surface area contributed by atoms with E-state index in [9.17, 15) is 9.59 Å². The highest BCUT2D eigenvalue weighted by Gasteiger charge is 2.39. The van der Waals surface area contributed by atoms with E-state index in [1.165, 1.54) is 0 Å². The summed E-state index contributed by atoms with van der Waals surface area (Å²) in [6.07, 6.45) is 6.01. The van der Waals surface area contributed by atoms with Crippen molar-refractivity contribution in [1.82, 2.24) is 0 Å². The van der Waals surface area contributed by atoms with Crippen molar-refractivity contribution in [2.24, 2.45) is 0 Å². The Morgan fingerprint density at radius 3 is 1.68 bits per heavy atom. The maximum Gasteiger partial charge on any atom is 0.309 e. The maximum atomic E-state index is 12.0. The highest BCUT2D eigenvalue weighted by Crippen LogP contribution is 2.34. The van der Waals surface area contributed by atoms with Crippen LogP contribution in [0.1, 0.15) is 71.6 Å². The average molecular weight is 349 g/mol. The van der Waals surface area contributed by atoms with Gasteiger partial charge in [-0.15, -0.1) is 0 Å². The molecule has 1 rings (SSSR count). The third kappa shape index (κ3) is 7.77. The van der Waals surface area contributed by atoms with Gasteiger partial charge in [-0.25, -0.2) is 0 Å². The number of esters is 2. The van der Waals surface area contributed by atoms with Crippen LogP contribution in [0, 0.1) is 0 Å². The Hall–Kier alpha value is -0.360. The number of thiol groups is 2. The van der Waals surface area contributed by atoms with Gasteiger partial charge in [0, 0.05) is 25.7 Å². The van der Waals surface area contributed by atoms with E-state index in [0.717, 1.165) is 19.3 Å². The minimum atomic E-state index is -1.05. The van der Waals surface area contributed by atoms with Gasteiger partial charge in [0.2, 0.25) is 0 Å². The lowest BCUT2D eigenvalue weighted by atomic mass is 9.94. The van der Waals surface area contributed by atoms with E-state index in [-0.39, 0.29) is 22.4 Å². The van der Waals surface area contributed by atoms with E-state index < -0.39 is 5.79 Å². The van der Waals surface area contributed by atoms with Crippen molar-refractivity contribution in [1.29, 1.82) is 0 Å². The molecule has 0 spiro atoms. The zero-order valence-corrected chi connectivity index (χ0v) is 15.3. The topological polar surface area (TPSA) is 52.6 Å². The fourth-order valence-corrected chi connectivity index (χ4v) is 2.74. The number of rotatable bonds is 8. The van der Waals surface area contributed by atoms with E-state index in [4.69, 9.17) is 9.47 Å². The van der Waals surface area contributed by atoms with Crippen LogP contribution in [0.15, 0.2) is 0 Å². The van der Waals surface area contributed by atoms with Gasteiger partial charge in [-0.3, -0.25) is 9.59 Å². The van der Waals surface area contributed by atoms with Crippen LogP contribution in [0.4, 0.5) is 0 Å². The second-order valence-electron chi connectivity index (χ2n) is 6.19. The predicted octanol–water partition coefficient (Wildman–Crippen LogP) is 3.93. The molecule has 0 N–H and O–H groups in total. The lowest BCUT2D eigenvalue weighted by Gasteiger charge is -2.36. The first-order valence-corrected chi connectivity index (χ1v) is 9.16. The second kappa shape index (κ2) is 9.71. The van der Waals surface area contributed by atoms with Gasteiger partial charge in [-0.05, 0) is 36.2 Å². The molecule has 6 heteroatoms. The normalized spacial score (nSPS) is 20.0. The zero-order chi connectivity index (χ0) is 16.6. The molecule has 0 aromatic carbocycles. The number of hydrogen-bond acceptors (Lipinski definition) is 6. The number of ether oxygens (including phenoxy) is 2. The smallest absolute Gasteiger partial charge is 0.309 e. The first-order chi connectivity index (χ1) is 10.3. The summed E-state index contributed by atoms with van der Waals surface area (Å²) in [6.45, 7) is 3.87. The lowest BCUT2D eigenvalue weighted by Crippen LogP contribution is -2.42. The summed E-state index contributed by atoms with van der Waals surface area (Å²) in [5.41, 5.74) is 0. The molecule has 0 aromatic heterocycles. The van der Waals surface area contributed by atoms with Crippen LogP contribution in [-0.4, -0.2) is 28.2 Å². The molecule has 1 aliphatic rings. The molecule has 1 saturated carbocycles. The third-order valence-electron chi connectivity index (χ3n) is 3.75. The van der Waals surface area contributed by atoms with E-state index in [0.29, 0.717) is 38.5 Å². The molecule has 1 aliphatic carbocycles. The number of carbonyl (C=O) groups excluding carboxylic acids is 2. The molecule has 1 fully saturated rings. The quantitative estimate of drug-likeness (QED) is 0.396. The van der Waals surface area contributed by atoms with Crippen molar-refractivity contribution in [2.75, 3.05) is 0 Å². The van der Waals surface area contributed by atoms with Gasteiger partial charge in [-0.2, -0.15) is 25.3 Å². The molecule has 0 bridgehead atoms. The molecule has 0 aliphatic heterocycles. The summed E-state index contributed by atoms with van der Waals surface area (Å²) in [5.74, 6) is -1.66. The Labute approximate surface area is 144 Å². The fourth-order valence-electron chi connectivity index (χ4n) is 2.49. The zero-order valence-electron chi connectivity index (χ0n) is 13.5. The summed E-state index contributed by atoms with van der Waals surface area (Å²) in [6, 6.07) is 0. The van der Waals surface area contributed by atoms with E-state index in [1.807, 2.05) is 13.8 Å². The van der Waals surface area contributed by atoms with Crippen molar-refractivity contribution in [2.45, 2.75) is 87.9 Å². The van der Waals surface area contributed by atoms with Crippen molar-refractivity contribution < 1.29 is 19.1 Å². The molecule has 4 nitrogen and oxygen atoms in total. The molecule has 0 amide bonds. The molecule has 0 aromatic rings. The molecule has 0 heterocycles. The average Bonchev–Trinajstić information content (AvgIpc) is 2.43. The summed E-state index contributed by atoms with van der Waals surface area (Å²) in [5, 5.41) is 0.295. The van der Waals surface area contributed by atoms with Gasteiger partial charge in [0.05, 0.1) is 0 Å². The lowest BCUT2D eigenvalue weighted by molar-refractivity contribution is -0.238. The third-order valence-corrected chi connectivity index (χ3v) is 4.26. The molecule has 22 heavy (non-hydrogen) atoms. The largest absolute Gasteiger partial charge is 0.422 e. The van der Waals surface area contributed by atoms with Crippen LogP contribution in [-0.2, 0) is 19.1 Å². The molecule has 0 radical (unpaired) electrons. The Kier molecular flexibility index (Phi) is 8.69. The molecular formula is C16H28O4S2. The number of hydrogen-bond donors (Lipinski definition) is 2. The molecule has 128 valence electrons. The summed E-state index contributed by atoms with van der Waals surface area (Å²) in [7, 11) is 0. The highest BCUT2D eigenvalue weighted by atomic mass is 32.1. The molecule has 2 atom stereocenters. The molecule has 2 unspecified atom stereocenters. The minimum Gasteiger partial charge on any atom is -0.422 e. The SMILES string of the molecule is CC(S)CCC(=O)OC1(OC(=O)CCC(C)S)CCCCC1. The number of carbonyl (C=O) groups is 2. The van der Waals surface area contributed by atoms with Gasteiger partial charge in [0.15, 0.2) is 0 Å². The Balaban J connectivity index is 2.57. The first-order valence-electron chi connectivity index (χ1n) is 8.13. The monoisotopic (exact) mass is 348 g/mol. The Morgan fingerprint density at radius 2 is 1.32 bits per heavy atom. The van der Waals surface area contributed by atoms with Crippen molar-refractivity contribution in [3.63, 3.8) is 0 Å². The Bertz CT molecular complexity index is 335. The molecular weight excluding hydrogens is 320 g/mol. The first kappa shape index (κ1) is 19.7. The van der Waals surface area contributed by atoms with Gasteiger partial charge in [0.1, 0.15) is 0 Å². The van der Waals surface area contributed by atoms with Crippen molar-refractivity contribution in [3.8, 4) is 0 Å². The van der Waals surface area contributed by atoms with E-state index in [1.54, 1.807) is 0 Å². The van der Waals surface area contributed by atoms with Crippen molar-refractivity contribution >= 4 is 37.2 Å². The minimum absolute atomic E-state index is 0.147. The van der Waals surface area contributed by atoms with Crippen LogP contribution in [0.2, 0.25) is 0 Å². The second-order valence-corrected chi connectivity index (χ2v) is 7.96. The Morgan fingerprint density at radius 1 is 0.909 bits per heavy atom. The van der Waals surface area contributed by atoms with Crippen LogP contribution < -0.4 is 0 Å². The summed E-state index contributed by atoms with van der Waals surface area (Å²) < 4.78 is 11.1. The van der Waals surface area contributed by atoms with Gasteiger partial charge >= 0.3 is 11.9 Å². The van der Waals surface area contributed by atoms with Crippen LogP contribution in [0.3, 0.4) is 0 Å². The predicted molar refractivity (Wildman–Crippen MR) is 93.4 cm³/mol.